The normalized spacial score (nSPS) is 15.4. The molecule has 2 N–H and O–H groups in total. The van der Waals surface area contributed by atoms with Gasteiger partial charge in [0.2, 0.25) is 0 Å². The highest BCUT2D eigenvalue weighted by atomic mass is 35.5. The molecule has 1 amide bonds. The van der Waals surface area contributed by atoms with E-state index in [0.29, 0.717) is 28.6 Å². The average molecular weight is 611 g/mol. The van der Waals surface area contributed by atoms with Crippen molar-refractivity contribution in [1.82, 2.24) is 15.1 Å². The van der Waals surface area contributed by atoms with Gasteiger partial charge in [0.15, 0.2) is 5.69 Å². The Labute approximate surface area is 253 Å². The first kappa shape index (κ1) is 29.6. The lowest BCUT2D eigenvalue weighted by Gasteiger charge is -2.19. The molecule has 0 spiro atoms. The predicted octanol–water partition coefficient (Wildman–Crippen LogP) is 6.59. The first-order chi connectivity index (χ1) is 20.2. The number of phenolic OH excluding ortho intramolecular Hbond substituents is 1. The van der Waals surface area contributed by atoms with Crippen molar-refractivity contribution in [3.8, 4) is 11.4 Å². The molecule has 0 saturated carbocycles. The molecule has 1 unspecified atom stereocenters. The molecule has 0 bridgehead atoms. The first-order valence-corrected chi connectivity index (χ1v) is 14.5. The lowest BCUT2D eigenvalue weighted by atomic mass is 9.90. The van der Waals surface area contributed by atoms with Crippen molar-refractivity contribution >= 4 is 35.1 Å². The van der Waals surface area contributed by atoms with Crippen molar-refractivity contribution in [1.29, 1.82) is 0 Å². The van der Waals surface area contributed by atoms with Gasteiger partial charge in [-0.05, 0) is 79.3 Å². The van der Waals surface area contributed by atoms with Crippen LogP contribution in [0.15, 0.2) is 66.7 Å². The fourth-order valence-corrected chi connectivity index (χ4v) is 6.00. The molecule has 1 aromatic heterocycles. The number of aromatic hydroxyl groups is 1. The number of phenols is 1. The van der Waals surface area contributed by atoms with Crippen LogP contribution in [-0.4, -0.2) is 39.9 Å². The summed E-state index contributed by atoms with van der Waals surface area (Å²) in [4.78, 5) is 26.6. The maximum absolute atomic E-state index is 13.9. The van der Waals surface area contributed by atoms with Gasteiger partial charge in [-0.25, -0.2) is 13.9 Å². The van der Waals surface area contributed by atoms with E-state index in [9.17, 15) is 19.1 Å². The standard InChI is InChI=1S/C32H30Cl2FN3O4/c1-42-32(41)27(17-20-8-13-24(39)14-9-20)36-31(40)29-25-5-3-2-4-21(16-19-6-11-23(35)12-7-19)30(25)38(37-29)28-15-10-22(33)18-26(28)34/h6-15,18,21,27,39H,2-5,16-17H2,1H3,(H,36,40)/t21?,27-/m0/s1. The van der Waals surface area contributed by atoms with Gasteiger partial charge in [-0.1, -0.05) is 53.9 Å². The smallest absolute Gasteiger partial charge is 0.328 e. The number of hydrogen-bond donors (Lipinski definition) is 2. The number of esters is 1. The minimum absolute atomic E-state index is 0.0258. The van der Waals surface area contributed by atoms with Crippen LogP contribution in [0.2, 0.25) is 10.0 Å². The van der Waals surface area contributed by atoms with Crippen molar-refractivity contribution in [3.63, 3.8) is 0 Å². The van der Waals surface area contributed by atoms with Crippen LogP contribution < -0.4 is 5.32 Å². The largest absolute Gasteiger partial charge is 0.508 e. The van der Waals surface area contributed by atoms with E-state index in [1.54, 1.807) is 47.1 Å². The Bertz CT molecular complexity index is 1590. The molecule has 5 rings (SSSR count). The van der Waals surface area contributed by atoms with E-state index in [-0.39, 0.29) is 29.6 Å². The van der Waals surface area contributed by atoms with Crippen LogP contribution in [0.1, 0.15) is 58.1 Å². The fourth-order valence-electron chi connectivity index (χ4n) is 5.51. The summed E-state index contributed by atoms with van der Waals surface area (Å²) in [5, 5.41) is 18.1. The zero-order valence-electron chi connectivity index (χ0n) is 22.9. The molecule has 1 heterocycles. The second kappa shape index (κ2) is 13.0. The number of rotatable bonds is 8. The molecule has 0 aliphatic heterocycles. The van der Waals surface area contributed by atoms with E-state index < -0.39 is 17.9 Å². The van der Waals surface area contributed by atoms with E-state index in [1.165, 1.54) is 31.4 Å². The predicted molar refractivity (Wildman–Crippen MR) is 159 cm³/mol. The Morgan fingerprint density at radius 1 is 1.07 bits per heavy atom. The summed E-state index contributed by atoms with van der Waals surface area (Å²) in [6, 6.07) is 17.0. The number of amides is 1. The highest BCUT2D eigenvalue weighted by Gasteiger charge is 2.33. The van der Waals surface area contributed by atoms with Gasteiger partial charge in [0, 0.05) is 22.9 Å². The second-order valence-corrected chi connectivity index (χ2v) is 11.3. The summed E-state index contributed by atoms with van der Waals surface area (Å²) in [6.07, 6.45) is 4.02. The van der Waals surface area contributed by atoms with Crippen LogP contribution in [0.5, 0.6) is 5.75 Å². The molecule has 1 aliphatic carbocycles. The average Bonchev–Trinajstić information content (AvgIpc) is 3.22. The summed E-state index contributed by atoms with van der Waals surface area (Å²) in [6.45, 7) is 0. The van der Waals surface area contributed by atoms with E-state index in [4.69, 9.17) is 33.0 Å². The molecular formula is C32H30Cl2FN3O4. The van der Waals surface area contributed by atoms with E-state index in [0.717, 1.165) is 41.6 Å². The van der Waals surface area contributed by atoms with E-state index >= 15 is 0 Å². The maximum Gasteiger partial charge on any atom is 0.328 e. The number of fused-ring (bicyclic) bond motifs is 1. The van der Waals surface area contributed by atoms with Crippen LogP contribution in [-0.2, 0) is 28.8 Å². The highest BCUT2D eigenvalue weighted by molar-refractivity contribution is 6.35. The number of carbonyl (C=O) groups excluding carboxylic acids is 2. The Balaban J connectivity index is 1.56. The van der Waals surface area contributed by atoms with Gasteiger partial charge in [0.05, 0.1) is 23.5 Å². The van der Waals surface area contributed by atoms with Crippen molar-refractivity contribution in [2.45, 2.75) is 50.5 Å². The molecule has 42 heavy (non-hydrogen) atoms. The number of nitrogens with one attached hydrogen (secondary N) is 1. The van der Waals surface area contributed by atoms with Crippen LogP contribution in [0.25, 0.3) is 5.69 Å². The van der Waals surface area contributed by atoms with Crippen LogP contribution in [0, 0.1) is 5.82 Å². The van der Waals surface area contributed by atoms with Crippen molar-refractivity contribution in [2.75, 3.05) is 7.11 Å². The lowest BCUT2D eigenvalue weighted by molar-refractivity contribution is -0.142. The Morgan fingerprint density at radius 3 is 2.48 bits per heavy atom. The van der Waals surface area contributed by atoms with Crippen LogP contribution in [0.3, 0.4) is 0 Å². The van der Waals surface area contributed by atoms with Crippen molar-refractivity contribution in [2.24, 2.45) is 0 Å². The van der Waals surface area contributed by atoms with Gasteiger partial charge in [-0.2, -0.15) is 5.10 Å². The molecule has 4 aromatic rings. The third kappa shape index (κ3) is 6.61. The lowest BCUT2D eigenvalue weighted by Crippen LogP contribution is -2.43. The summed E-state index contributed by atoms with van der Waals surface area (Å²) >= 11 is 12.8. The molecule has 10 heteroatoms. The topological polar surface area (TPSA) is 93.4 Å². The highest BCUT2D eigenvalue weighted by Crippen LogP contribution is 2.38. The minimum atomic E-state index is -0.979. The van der Waals surface area contributed by atoms with Crippen molar-refractivity contribution < 1.29 is 23.8 Å². The quantitative estimate of drug-likeness (QED) is 0.174. The number of hydrogen-bond acceptors (Lipinski definition) is 5. The number of ether oxygens (including phenoxy) is 1. The Hall–Kier alpha value is -3.88. The van der Waals surface area contributed by atoms with Gasteiger partial charge in [-0.15, -0.1) is 0 Å². The monoisotopic (exact) mass is 609 g/mol. The number of halogens is 3. The van der Waals surface area contributed by atoms with Gasteiger partial charge >= 0.3 is 5.97 Å². The molecule has 0 saturated heterocycles. The van der Waals surface area contributed by atoms with E-state index in [2.05, 4.69) is 5.32 Å². The first-order valence-electron chi connectivity index (χ1n) is 13.7. The molecule has 3 aromatic carbocycles. The molecule has 0 fully saturated rings. The van der Waals surface area contributed by atoms with Gasteiger partial charge < -0.3 is 15.2 Å². The van der Waals surface area contributed by atoms with Gasteiger partial charge in [0.25, 0.3) is 5.91 Å². The maximum atomic E-state index is 13.9. The molecule has 2 atom stereocenters. The number of nitrogens with zero attached hydrogens (tertiary/aromatic N) is 2. The van der Waals surface area contributed by atoms with Gasteiger partial charge in [0.1, 0.15) is 17.6 Å². The fraction of sp³-hybridized carbons (Fsp3) is 0.281. The summed E-state index contributed by atoms with van der Waals surface area (Å²) in [5.41, 5.74) is 4.14. The third-order valence-electron chi connectivity index (χ3n) is 7.55. The number of aromatic nitrogens is 2. The number of carbonyl (C=O) groups is 2. The Morgan fingerprint density at radius 2 is 1.79 bits per heavy atom. The molecular weight excluding hydrogens is 580 g/mol. The van der Waals surface area contributed by atoms with E-state index in [1.807, 2.05) is 0 Å². The van der Waals surface area contributed by atoms with Crippen LogP contribution in [0.4, 0.5) is 4.39 Å². The van der Waals surface area contributed by atoms with Crippen LogP contribution >= 0.6 is 23.2 Å². The zero-order chi connectivity index (χ0) is 29.8. The number of methoxy groups -OCH3 is 1. The number of benzene rings is 3. The molecule has 0 radical (unpaired) electrons. The zero-order valence-corrected chi connectivity index (χ0v) is 24.5. The van der Waals surface area contributed by atoms with Crippen molar-refractivity contribution in [3.05, 3.63) is 111 Å². The molecule has 1 aliphatic rings. The summed E-state index contributed by atoms with van der Waals surface area (Å²) in [5.74, 6) is -1.34. The molecule has 218 valence electrons. The minimum Gasteiger partial charge on any atom is -0.508 e. The summed E-state index contributed by atoms with van der Waals surface area (Å²) in [7, 11) is 1.27. The second-order valence-electron chi connectivity index (χ2n) is 10.4. The third-order valence-corrected chi connectivity index (χ3v) is 8.09. The van der Waals surface area contributed by atoms with Gasteiger partial charge in [-0.3, -0.25) is 4.79 Å². The Kier molecular flexibility index (Phi) is 9.14. The SMILES string of the molecule is COC(=O)[C@H](Cc1ccc(O)cc1)NC(=O)c1nn(-c2ccc(Cl)cc2Cl)c2c1CCCCC2Cc1ccc(F)cc1. The summed E-state index contributed by atoms with van der Waals surface area (Å²) < 4.78 is 20.3. The molecule has 7 nitrogen and oxygen atoms in total.